The molecule has 16 heavy (non-hydrogen) atoms. The summed E-state index contributed by atoms with van der Waals surface area (Å²) in [5, 5.41) is 0. The molecule has 0 radical (unpaired) electrons. The molecule has 1 aliphatic carbocycles. The summed E-state index contributed by atoms with van der Waals surface area (Å²) >= 11 is 0. The van der Waals surface area contributed by atoms with E-state index in [2.05, 4.69) is 6.58 Å². The molecule has 0 fully saturated rings. The second kappa shape index (κ2) is 3.17. The molecule has 3 rings (SSSR count). The molecule has 0 N–H and O–H groups in total. The Morgan fingerprint density at radius 1 is 0.875 bits per heavy atom. The third-order valence-corrected chi connectivity index (χ3v) is 2.99. The highest BCUT2D eigenvalue weighted by molar-refractivity contribution is 6.21. The van der Waals surface area contributed by atoms with E-state index in [1.807, 2.05) is 42.5 Å². The zero-order chi connectivity index (χ0) is 11.1. The molecule has 0 bridgehead atoms. The van der Waals surface area contributed by atoms with Crippen LogP contribution in [0, 0.1) is 0 Å². The van der Waals surface area contributed by atoms with Crippen LogP contribution >= 0.6 is 0 Å². The molecule has 0 heterocycles. The largest absolute Gasteiger partial charge is 0.289 e. The summed E-state index contributed by atoms with van der Waals surface area (Å²) in [5.74, 6) is 0.120. The number of benzene rings is 2. The van der Waals surface area contributed by atoms with E-state index in [1.54, 1.807) is 6.08 Å². The summed E-state index contributed by atoms with van der Waals surface area (Å²) in [6, 6.07) is 13.6. The lowest BCUT2D eigenvalue weighted by Crippen LogP contribution is -1.94. The van der Waals surface area contributed by atoms with Gasteiger partial charge >= 0.3 is 0 Å². The smallest absolute Gasteiger partial charge is 0.194 e. The summed E-state index contributed by atoms with van der Waals surface area (Å²) in [6.45, 7) is 3.72. The Morgan fingerprint density at radius 3 is 2.31 bits per heavy atom. The van der Waals surface area contributed by atoms with E-state index >= 15 is 0 Å². The number of fused-ring (bicyclic) bond motifs is 3. The van der Waals surface area contributed by atoms with Crippen molar-refractivity contribution in [1.82, 2.24) is 0 Å². The minimum Gasteiger partial charge on any atom is -0.289 e. The number of hydrogen-bond donors (Lipinski definition) is 0. The van der Waals surface area contributed by atoms with E-state index < -0.39 is 0 Å². The molecule has 0 saturated carbocycles. The van der Waals surface area contributed by atoms with Crippen LogP contribution in [0.2, 0.25) is 0 Å². The van der Waals surface area contributed by atoms with Gasteiger partial charge in [-0.1, -0.05) is 49.1 Å². The first kappa shape index (κ1) is 9.10. The molecule has 1 heteroatoms. The van der Waals surface area contributed by atoms with Crippen molar-refractivity contribution in [3.63, 3.8) is 0 Å². The minimum absolute atomic E-state index is 0.120. The zero-order valence-electron chi connectivity index (χ0n) is 8.73. The molecule has 0 aromatic heterocycles. The maximum atomic E-state index is 12.1. The second-order valence-electron chi connectivity index (χ2n) is 3.88. The van der Waals surface area contributed by atoms with E-state index in [1.165, 1.54) is 0 Å². The van der Waals surface area contributed by atoms with E-state index in [9.17, 15) is 4.79 Å². The Balaban J connectivity index is 2.32. The Kier molecular flexibility index (Phi) is 1.80. The first-order valence-corrected chi connectivity index (χ1v) is 5.22. The van der Waals surface area contributed by atoms with Crippen LogP contribution < -0.4 is 0 Å². The Labute approximate surface area is 94.0 Å². The van der Waals surface area contributed by atoms with Crippen LogP contribution in [0.1, 0.15) is 21.5 Å². The number of carbonyl (C=O) groups excluding carboxylic acids is 1. The first-order chi connectivity index (χ1) is 7.81. The van der Waals surface area contributed by atoms with Gasteiger partial charge in [0, 0.05) is 11.1 Å². The van der Waals surface area contributed by atoms with Gasteiger partial charge in [0.05, 0.1) is 0 Å². The van der Waals surface area contributed by atoms with E-state index in [4.69, 9.17) is 0 Å². The van der Waals surface area contributed by atoms with Gasteiger partial charge in [-0.2, -0.15) is 0 Å². The lowest BCUT2D eigenvalue weighted by molar-refractivity contribution is 0.104. The maximum absolute atomic E-state index is 12.1. The topological polar surface area (TPSA) is 17.1 Å². The van der Waals surface area contributed by atoms with E-state index in [0.717, 1.165) is 27.8 Å². The predicted molar refractivity (Wildman–Crippen MR) is 65.4 cm³/mol. The summed E-state index contributed by atoms with van der Waals surface area (Å²) < 4.78 is 0. The zero-order valence-corrected chi connectivity index (χ0v) is 8.73. The van der Waals surface area contributed by atoms with Crippen LogP contribution in [0.25, 0.3) is 17.2 Å². The third kappa shape index (κ3) is 1.09. The number of carbonyl (C=O) groups is 1. The summed E-state index contributed by atoms with van der Waals surface area (Å²) in [5.41, 5.74) is 4.65. The Hall–Kier alpha value is -2.15. The summed E-state index contributed by atoms with van der Waals surface area (Å²) in [7, 11) is 0. The van der Waals surface area contributed by atoms with Gasteiger partial charge in [-0.15, -0.1) is 0 Å². The van der Waals surface area contributed by atoms with Crippen molar-refractivity contribution < 1.29 is 4.79 Å². The molecule has 0 amide bonds. The lowest BCUT2D eigenvalue weighted by Gasteiger charge is -1.99. The van der Waals surface area contributed by atoms with Gasteiger partial charge in [0.15, 0.2) is 5.78 Å². The van der Waals surface area contributed by atoms with Gasteiger partial charge in [-0.3, -0.25) is 4.79 Å². The molecule has 0 aliphatic heterocycles. The minimum atomic E-state index is 0.120. The van der Waals surface area contributed by atoms with Crippen LogP contribution in [0.5, 0.6) is 0 Å². The van der Waals surface area contributed by atoms with Crippen molar-refractivity contribution in [2.24, 2.45) is 0 Å². The van der Waals surface area contributed by atoms with Gasteiger partial charge in [0.25, 0.3) is 0 Å². The molecule has 1 aliphatic rings. The Morgan fingerprint density at radius 2 is 1.56 bits per heavy atom. The van der Waals surface area contributed by atoms with Gasteiger partial charge in [0.1, 0.15) is 0 Å². The van der Waals surface area contributed by atoms with Gasteiger partial charge in [-0.05, 0) is 22.8 Å². The molecule has 2 aromatic rings. The Bertz CT molecular complexity index is 609. The molecular weight excluding hydrogens is 196 g/mol. The molecule has 1 nitrogen and oxygen atoms in total. The van der Waals surface area contributed by atoms with Crippen molar-refractivity contribution >= 4 is 11.9 Å². The highest BCUT2D eigenvalue weighted by Crippen LogP contribution is 2.36. The number of hydrogen-bond acceptors (Lipinski definition) is 1. The average molecular weight is 206 g/mol. The van der Waals surface area contributed by atoms with Gasteiger partial charge in [-0.25, -0.2) is 0 Å². The fourth-order valence-electron chi connectivity index (χ4n) is 2.17. The molecular formula is C15H10O. The first-order valence-electron chi connectivity index (χ1n) is 5.22. The van der Waals surface area contributed by atoms with Gasteiger partial charge < -0.3 is 0 Å². The molecule has 76 valence electrons. The maximum Gasteiger partial charge on any atom is 0.194 e. The van der Waals surface area contributed by atoms with Crippen LogP contribution in [0.3, 0.4) is 0 Å². The quantitative estimate of drug-likeness (QED) is 0.595. The van der Waals surface area contributed by atoms with Crippen LogP contribution in [0.15, 0.2) is 49.0 Å². The van der Waals surface area contributed by atoms with Crippen LogP contribution in [0.4, 0.5) is 0 Å². The fourth-order valence-corrected chi connectivity index (χ4v) is 2.17. The third-order valence-electron chi connectivity index (χ3n) is 2.99. The lowest BCUT2D eigenvalue weighted by atomic mass is 10.0. The molecule has 2 aromatic carbocycles. The van der Waals surface area contributed by atoms with E-state index in [0.29, 0.717) is 0 Å². The van der Waals surface area contributed by atoms with Crippen molar-refractivity contribution in [3.05, 3.63) is 65.7 Å². The van der Waals surface area contributed by atoms with Gasteiger partial charge in [0.2, 0.25) is 0 Å². The number of ketones is 1. The van der Waals surface area contributed by atoms with E-state index in [-0.39, 0.29) is 5.78 Å². The molecule has 0 spiro atoms. The molecule has 0 unspecified atom stereocenters. The summed E-state index contributed by atoms with van der Waals surface area (Å²) in [4.78, 5) is 12.1. The SMILES string of the molecule is C=Cc1ccc2c(c1)C(=O)c1ccccc1-2. The molecule has 0 saturated heterocycles. The highest BCUT2D eigenvalue weighted by atomic mass is 16.1. The van der Waals surface area contributed by atoms with Crippen molar-refractivity contribution in [3.8, 4) is 11.1 Å². The second-order valence-corrected chi connectivity index (χ2v) is 3.88. The summed E-state index contributed by atoms with van der Waals surface area (Å²) in [6.07, 6.45) is 1.76. The highest BCUT2D eigenvalue weighted by Gasteiger charge is 2.25. The number of rotatable bonds is 1. The van der Waals surface area contributed by atoms with Crippen molar-refractivity contribution in [1.29, 1.82) is 0 Å². The normalized spacial score (nSPS) is 12.1. The standard InChI is InChI=1S/C15H10O/c1-2-10-7-8-12-11-5-3-4-6-13(11)15(16)14(12)9-10/h2-9H,1H2. The van der Waals surface area contributed by atoms with Crippen LogP contribution in [-0.4, -0.2) is 5.78 Å². The molecule has 0 atom stereocenters. The predicted octanol–water partition coefficient (Wildman–Crippen LogP) is 3.54. The van der Waals surface area contributed by atoms with Crippen LogP contribution in [-0.2, 0) is 0 Å². The van der Waals surface area contributed by atoms with Crippen molar-refractivity contribution in [2.75, 3.05) is 0 Å². The monoisotopic (exact) mass is 206 g/mol. The fraction of sp³-hybridized carbons (Fsp3) is 0. The average Bonchev–Trinajstić information content (AvgIpc) is 2.64. The van der Waals surface area contributed by atoms with Crippen molar-refractivity contribution in [2.45, 2.75) is 0 Å².